The van der Waals surface area contributed by atoms with Crippen LogP contribution >= 0.6 is 0 Å². The van der Waals surface area contributed by atoms with Crippen LogP contribution in [0.15, 0.2) is 16.8 Å². The highest BCUT2D eigenvalue weighted by Gasteiger charge is 2.21. The van der Waals surface area contributed by atoms with E-state index in [1.54, 1.807) is 6.07 Å². The highest BCUT2D eigenvalue weighted by Crippen LogP contribution is 2.29. The second-order valence-corrected chi connectivity index (χ2v) is 4.38. The SMILES string of the molecule is O=[N+]([O-])c1ccc(NC2CCOCC2)c2nonc12. The largest absolute Gasteiger partial charge is 0.381 e. The maximum absolute atomic E-state index is 10.9. The molecule has 1 saturated heterocycles. The minimum Gasteiger partial charge on any atom is -0.381 e. The van der Waals surface area contributed by atoms with Crippen molar-refractivity contribution in [2.45, 2.75) is 18.9 Å². The summed E-state index contributed by atoms with van der Waals surface area (Å²) in [5.74, 6) is 0. The molecule has 0 saturated carbocycles. The molecule has 0 amide bonds. The average molecular weight is 264 g/mol. The predicted octanol–water partition coefficient (Wildman–Crippen LogP) is 1.72. The number of anilines is 1. The molecule has 8 heteroatoms. The molecule has 1 aromatic heterocycles. The number of nitrogens with one attached hydrogen (secondary N) is 1. The maximum Gasteiger partial charge on any atom is 0.300 e. The van der Waals surface area contributed by atoms with E-state index >= 15 is 0 Å². The number of nitro benzene ring substituents is 1. The van der Waals surface area contributed by atoms with Crippen molar-refractivity contribution in [2.24, 2.45) is 0 Å². The van der Waals surface area contributed by atoms with Gasteiger partial charge in [-0.3, -0.25) is 10.1 Å². The summed E-state index contributed by atoms with van der Waals surface area (Å²) in [6, 6.07) is 3.32. The standard InChI is InChI=1S/C11H12N4O4/c16-15(17)9-2-1-8(10-11(9)14-19-13-10)12-7-3-5-18-6-4-7/h1-2,7,12H,3-6H2. The quantitative estimate of drug-likeness (QED) is 0.664. The van der Waals surface area contributed by atoms with E-state index in [-0.39, 0.29) is 17.2 Å². The first-order chi connectivity index (χ1) is 9.25. The van der Waals surface area contributed by atoms with Crippen LogP contribution in [0.1, 0.15) is 12.8 Å². The van der Waals surface area contributed by atoms with Crippen LogP contribution in [0, 0.1) is 10.1 Å². The lowest BCUT2D eigenvalue weighted by Gasteiger charge is -2.23. The fourth-order valence-corrected chi connectivity index (χ4v) is 2.18. The molecule has 2 aromatic rings. The summed E-state index contributed by atoms with van der Waals surface area (Å²) in [5.41, 5.74) is 1.16. The van der Waals surface area contributed by atoms with E-state index in [9.17, 15) is 10.1 Å². The molecule has 19 heavy (non-hydrogen) atoms. The Hall–Kier alpha value is -2.22. The Bertz CT molecular complexity index is 606. The molecule has 0 radical (unpaired) electrons. The van der Waals surface area contributed by atoms with Crippen molar-refractivity contribution < 1.29 is 14.3 Å². The number of hydrogen-bond acceptors (Lipinski definition) is 7. The first-order valence-electron chi connectivity index (χ1n) is 5.99. The van der Waals surface area contributed by atoms with E-state index in [0.29, 0.717) is 24.4 Å². The van der Waals surface area contributed by atoms with Gasteiger partial charge in [0.2, 0.25) is 5.52 Å². The molecule has 1 aliphatic rings. The molecule has 0 bridgehead atoms. The molecule has 3 rings (SSSR count). The van der Waals surface area contributed by atoms with Gasteiger partial charge in [0.15, 0.2) is 5.52 Å². The van der Waals surface area contributed by atoms with Gasteiger partial charge < -0.3 is 10.1 Å². The van der Waals surface area contributed by atoms with Gasteiger partial charge in [0.05, 0.1) is 10.6 Å². The van der Waals surface area contributed by atoms with Gasteiger partial charge in [0, 0.05) is 25.3 Å². The zero-order chi connectivity index (χ0) is 13.2. The van der Waals surface area contributed by atoms with E-state index in [1.165, 1.54) is 6.07 Å². The summed E-state index contributed by atoms with van der Waals surface area (Å²) < 4.78 is 9.90. The van der Waals surface area contributed by atoms with Crippen molar-refractivity contribution in [1.29, 1.82) is 0 Å². The lowest BCUT2D eigenvalue weighted by molar-refractivity contribution is -0.383. The highest BCUT2D eigenvalue weighted by molar-refractivity contribution is 5.93. The molecule has 8 nitrogen and oxygen atoms in total. The summed E-state index contributed by atoms with van der Waals surface area (Å²) in [4.78, 5) is 10.4. The minimum atomic E-state index is -0.495. The fourth-order valence-electron chi connectivity index (χ4n) is 2.18. The smallest absolute Gasteiger partial charge is 0.300 e. The second kappa shape index (κ2) is 4.81. The Morgan fingerprint density at radius 3 is 2.74 bits per heavy atom. The number of benzene rings is 1. The summed E-state index contributed by atoms with van der Waals surface area (Å²) in [7, 11) is 0. The molecule has 2 heterocycles. The van der Waals surface area contributed by atoms with Crippen LogP contribution in [0.4, 0.5) is 11.4 Å². The zero-order valence-electron chi connectivity index (χ0n) is 10.0. The Morgan fingerprint density at radius 2 is 2.00 bits per heavy atom. The zero-order valence-corrected chi connectivity index (χ0v) is 10.0. The van der Waals surface area contributed by atoms with Crippen LogP contribution in [-0.4, -0.2) is 34.5 Å². The van der Waals surface area contributed by atoms with E-state index in [0.717, 1.165) is 12.8 Å². The number of nitrogens with zero attached hydrogens (tertiary/aromatic N) is 3. The van der Waals surface area contributed by atoms with Gasteiger partial charge in [-0.2, -0.15) is 0 Å². The van der Waals surface area contributed by atoms with Crippen molar-refractivity contribution in [3.8, 4) is 0 Å². The number of hydrogen-bond donors (Lipinski definition) is 1. The Kier molecular flexibility index (Phi) is 3.00. The van der Waals surface area contributed by atoms with Crippen LogP contribution in [0.25, 0.3) is 11.0 Å². The molecule has 1 fully saturated rings. The van der Waals surface area contributed by atoms with Gasteiger partial charge in [-0.1, -0.05) is 0 Å². The average Bonchev–Trinajstić information content (AvgIpc) is 2.89. The molecule has 0 unspecified atom stereocenters. The molecular formula is C11H12N4O4. The Balaban J connectivity index is 1.93. The number of rotatable bonds is 3. The van der Waals surface area contributed by atoms with Gasteiger partial charge in [-0.05, 0) is 29.2 Å². The Labute approximate surface area is 107 Å². The van der Waals surface area contributed by atoms with Gasteiger partial charge >= 0.3 is 5.69 Å². The van der Waals surface area contributed by atoms with E-state index < -0.39 is 4.92 Å². The molecule has 1 N–H and O–H groups in total. The van der Waals surface area contributed by atoms with Crippen LogP contribution in [-0.2, 0) is 4.74 Å². The molecule has 1 aromatic carbocycles. The van der Waals surface area contributed by atoms with Crippen LogP contribution in [0.5, 0.6) is 0 Å². The monoisotopic (exact) mass is 264 g/mol. The van der Waals surface area contributed by atoms with Crippen molar-refractivity contribution >= 4 is 22.4 Å². The maximum atomic E-state index is 10.9. The number of non-ortho nitro benzene ring substituents is 1. The summed E-state index contributed by atoms with van der Waals surface area (Å²) in [6.45, 7) is 1.43. The van der Waals surface area contributed by atoms with Crippen molar-refractivity contribution in [3.05, 3.63) is 22.2 Å². The van der Waals surface area contributed by atoms with Crippen LogP contribution in [0.2, 0.25) is 0 Å². The van der Waals surface area contributed by atoms with Crippen molar-refractivity contribution in [2.75, 3.05) is 18.5 Å². The number of ether oxygens (including phenoxy) is 1. The van der Waals surface area contributed by atoms with E-state index in [2.05, 4.69) is 20.3 Å². The van der Waals surface area contributed by atoms with E-state index in [1.807, 2.05) is 0 Å². The third-order valence-corrected chi connectivity index (χ3v) is 3.17. The summed E-state index contributed by atoms with van der Waals surface area (Å²) in [5, 5.41) is 21.5. The third-order valence-electron chi connectivity index (χ3n) is 3.17. The van der Waals surface area contributed by atoms with Gasteiger partial charge in [-0.25, -0.2) is 4.63 Å². The highest BCUT2D eigenvalue weighted by atomic mass is 16.6. The number of nitro groups is 1. The van der Waals surface area contributed by atoms with Crippen LogP contribution < -0.4 is 5.32 Å². The molecule has 0 aliphatic carbocycles. The predicted molar refractivity (Wildman–Crippen MR) is 65.9 cm³/mol. The third kappa shape index (κ3) is 2.22. The van der Waals surface area contributed by atoms with Crippen molar-refractivity contribution in [1.82, 2.24) is 10.3 Å². The van der Waals surface area contributed by atoms with Crippen molar-refractivity contribution in [3.63, 3.8) is 0 Å². The summed E-state index contributed by atoms with van der Waals surface area (Å²) in [6.07, 6.45) is 1.79. The van der Waals surface area contributed by atoms with Crippen LogP contribution in [0.3, 0.4) is 0 Å². The molecule has 0 spiro atoms. The first-order valence-corrected chi connectivity index (χ1v) is 5.99. The number of aromatic nitrogens is 2. The lowest BCUT2D eigenvalue weighted by atomic mass is 10.1. The normalized spacial score (nSPS) is 16.6. The second-order valence-electron chi connectivity index (χ2n) is 4.38. The first kappa shape index (κ1) is 11.8. The van der Waals surface area contributed by atoms with Gasteiger partial charge in [0.25, 0.3) is 0 Å². The topological polar surface area (TPSA) is 103 Å². The molecule has 0 atom stereocenters. The lowest BCUT2D eigenvalue weighted by Crippen LogP contribution is -2.27. The van der Waals surface area contributed by atoms with E-state index in [4.69, 9.17) is 4.74 Å². The minimum absolute atomic E-state index is 0.103. The molecular weight excluding hydrogens is 252 g/mol. The molecule has 100 valence electrons. The summed E-state index contributed by atoms with van der Waals surface area (Å²) >= 11 is 0. The van der Waals surface area contributed by atoms with Gasteiger partial charge in [0.1, 0.15) is 0 Å². The van der Waals surface area contributed by atoms with Gasteiger partial charge in [-0.15, -0.1) is 0 Å². The number of fused-ring (bicyclic) bond motifs is 1. The Morgan fingerprint density at radius 1 is 1.26 bits per heavy atom. The fraction of sp³-hybridized carbons (Fsp3) is 0.455. The molecule has 1 aliphatic heterocycles.